The zero-order valence-corrected chi connectivity index (χ0v) is 23.9. The van der Waals surface area contributed by atoms with E-state index in [2.05, 4.69) is 0 Å². The minimum absolute atomic E-state index is 0.0551. The third-order valence-corrected chi connectivity index (χ3v) is 7.29. The molecule has 0 saturated heterocycles. The number of aromatic nitrogens is 2. The van der Waals surface area contributed by atoms with Crippen LogP contribution in [0.15, 0.2) is 95.7 Å². The average molecular weight is 559 g/mol. The quantitative estimate of drug-likeness (QED) is 0.203. The standard InChI is InChI=1S/C34H30N4O4/c1-22-10-13-25(14-11-22)32-26(21-38(36-32)27-8-6-5-7-9-27)19-28-23(2)29(20-35)34(40)37(33(28)39)17-16-24-12-15-30(41-3)31(18-24)42-4/h5-15,18-19,21H,16-17H2,1-4H3. The molecule has 2 amide bonds. The molecule has 5 rings (SSSR count). The molecule has 0 radical (unpaired) electrons. The van der Waals surface area contributed by atoms with Gasteiger partial charge in [0.2, 0.25) is 0 Å². The fourth-order valence-electron chi connectivity index (χ4n) is 4.91. The van der Waals surface area contributed by atoms with Gasteiger partial charge >= 0.3 is 0 Å². The predicted molar refractivity (Wildman–Crippen MR) is 160 cm³/mol. The third-order valence-electron chi connectivity index (χ3n) is 7.29. The van der Waals surface area contributed by atoms with Crippen molar-refractivity contribution in [3.63, 3.8) is 0 Å². The van der Waals surface area contributed by atoms with Crippen molar-refractivity contribution in [3.8, 4) is 34.5 Å². The zero-order chi connectivity index (χ0) is 29.8. The lowest BCUT2D eigenvalue weighted by molar-refractivity contribution is -0.140. The van der Waals surface area contributed by atoms with Gasteiger partial charge in [0.15, 0.2) is 11.5 Å². The summed E-state index contributed by atoms with van der Waals surface area (Å²) in [7, 11) is 3.11. The minimum Gasteiger partial charge on any atom is -0.493 e. The number of amides is 2. The van der Waals surface area contributed by atoms with Crippen LogP contribution in [0.2, 0.25) is 0 Å². The van der Waals surface area contributed by atoms with Gasteiger partial charge in [0, 0.05) is 29.4 Å². The van der Waals surface area contributed by atoms with Crippen LogP contribution in [0, 0.1) is 18.3 Å². The van der Waals surface area contributed by atoms with E-state index in [0.29, 0.717) is 34.8 Å². The summed E-state index contributed by atoms with van der Waals surface area (Å²) in [6.45, 7) is 3.75. The minimum atomic E-state index is -0.601. The molecular weight excluding hydrogens is 528 g/mol. The molecule has 42 heavy (non-hydrogen) atoms. The summed E-state index contributed by atoms with van der Waals surface area (Å²) < 4.78 is 12.5. The summed E-state index contributed by atoms with van der Waals surface area (Å²) in [5.74, 6) is 0.0809. The number of aryl methyl sites for hydroxylation is 1. The molecule has 8 heteroatoms. The molecule has 210 valence electrons. The molecule has 1 aliphatic heterocycles. The summed E-state index contributed by atoms with van der Waals surface area (Å²) in [6, 6.07) is 25.1. The first-order valence-electron chi connectivity index (χ1n) is 13.5. The highest BCUT2D eigenvalue weighted by Gasteiger charge is 2.35. The lowest BCUT2D eigenvalue weighted by Gasteiger charge is -2.27. The fraction of sp³-hybridized carbons (Fsp3) is 0.176. The number of hydrogen-bond acceptors (Lipinski definition) is 6. The smallest absolute Gasteiger partial charge is 0.271 e. The van der Waals surface area contributed by atoms with E-state index >= 15 is 0 Å². The van der Waals surface area contributed by atoms with Crippen LogP contribution >= 0.6 is 0 Å². The van der Waals surface area contributed by atoms with Gasteiger partial charge in [-0.1, -0.05) is 54.1 Å². The van der Waals surface area contributed by atoms with Gasteiger partial charge in [-0.05, 0) is 61.7 Å². The maximum atomic E-state index is 13.8. The largest absolute Gasteiger partial charge is 0.493 e. The van der Waals surface area contributed by atoms with Crippen molar-refractivity contribution in [2.24, 2.45) is 0 Å². The Morgan fingerprint density at radius 3 is 2.29 bits per heavy atom. The van der Waals surface area contributed by atoms with Crippen LogP contribution in [0.25, 0.3) is 23.0 Å². The molecule has 0 bridgehead atoms. The Morgan fingerprint density at radius 2 is 1.62 bits per heavy atom. The lowest BCUT2D eigenvalue weighted by Crippen LogP contribution is -2.43. The van der Waals surface area contributed by atoms with Crippen LogP contribution in [0.1, 0.15) is 23.6 Å². The summed E-state index contributed by atoms with van der Waals surface area (Å²) in [5, 5.41) is 14.8. The summed E-state index contributed by atoms with van der Waals surface area (Å²) >= 11 is 0. The van der Waals surface area contributed by atoms with Gasteiger partial charge in [0.25, 0.3) is 11.8 Å². The second-order valence-electron chi connectivity index (χ2n) is 9.95. The number of para-hydroxylation sites is 1. The number of carbonyl (C=O) groups excluding carboxylic acids is 2. The number of nitrogens with zero attached hydrogens (tertiary/aromatic N) is 4. The Morgan fingerprint density at radius 1 is 0.905 bits per heavy atom. The number of carbonyl (C=O) groups is 2. The van der Waals surface area contributed by atoms with Gasteiger partial charge in [0.05, 0.1) is 25.6 Å². The summed E-state index contributed by atoms with van der Waals surface area (Å²) in [5.41, 5.74) is 5.66. The SMILES string of the molecule is COc1ccc(CCN2C(=O)C(=Cc3cn(-c4ccccc4)nc3-c3ccc(C)cc3)C(C)=C(C#N)C2=O)cc1OC. The lowest BCUT2D eigenvalue weighted by atomic mass is 9.93. The molecule has 1 aromatic heterocycles. The third kappa shape index (κ3) is 5.45. The van der Waals surface area contributed by atoms with Crippen molar-refractivity contribution in [1.82, 2.24) is 14.7 Å². The Kier molecular flexibility index (Phi) is 8.02. The van der Waals surface area contributed by atoms with Crippen LogP contribution < -0.4 is 9.47 Å². The van der Waals surface area contributed by atoms with Crippen LogP contribution in [-0.4, -0.2) is 47.3 Å². The molecule has 0 saturated carbocycles. The van der Waals surface area contributed by atoms with Crippen LogP contribution in [-0.2, 0) is 16.0 Å². The molecule has 0 fully saturated rings. The van der Waals surface area contributed by atoms with Crippen molar-refractivity contribution >= 4 is 17.9 Å². The number of nitriles is 1. The first-order chi connectivity index (χ1) is 20.3. The molecule has 1 aliphatic rings. The molecule has 0 unspecified atom stereocenters. The van der Waals surface area contributed by atoms with Crippen molar-refractivity contribution in [2.45, 2.75) is 20.3 Å². The number of benzene rings is 3. The van der Waals surface area contributed by atoms with Gasteiger partial charge in [-0.25, -0.2) is 4.68 Å². The van der Waals surface area contributed by atoms with Crippen molar-refractivity contribution in [2.75, 3.05) is 20.8 Å². The second kappa shape index (κ2) is 12.0. The van der Waals surface area contributed by atoms with E-state index in [4.69, 9.17) is 14.6 Å². The number of methoxy groups -OCH3 is 2. The average Bonchev–Trinajstić information content (AvgIpc) is 3.44. The summed E-state index contributed by atoms with van der Waals surface area (Å²) in [6.07, 6.45) is 3.96. The molecule has 0 N–H and O–H groups in total. The van der Waals surface area contributed by atoms with Gasteiger partial charge in [-0.15, -0.1) is 0 Å². The predicted octanol–water partition coefficient (Wildman–Crippen LogP) is 5.70. The number of hydrogen-bond donors (Lipinski definition) is 0. The topological polar surface area (TPSA) is 97.5 Å². The number of imide groups is 1. The van der Waals surface area contributed by atoms with E-state index in [-0.39, 0.29) is 17.7 Å². The fourth-order valence-corrected chi connectivity index (χ4v) is 4.91. The Bertz CT molecular complexity index is 1760. The Balaban J connectivity index is 1.55. The highest BCUT2D eigenvalue weighted by atomic mass is 16.5. The first-order valence-corrected chi connectivity index (χ1v) is 13.5. The second-order valence-corrected chi connectivity index (χ2v) is 9.95. The molecule has 0 spiro atoms. The molecule has 8 nitrogen and oxygen atoms in total. The monoisotopic (exact) mass is 558 g/mol. The van der Waals surface area contributed by atoms with Crippen molar-refractivity contribution in [3.05, 3.63) is 112 Å². The number of rotatable bonds is 8. The van der Waals surface area contributed by atoms with Gasteiger partial charge < -0.3 is 9.47 Å². The highest BCUT2D eigenvalue weighted by molar-refractivity contribution is 6.19. The molecule has 0 atom stereocenters. The van der Waals surface area contributed by atoms with Crippen molar-refractivity contribution < 1.29 is 19.1 Å². The van der Waals surface area contributed by atoms with E-state index in [1.165, 1.54) is 0 Å². The number of ether oxygens (including phenoxy) is 2. The van der Waals surface area contributed by atoms with Gasteiger partial charge in [-0.3, -0.25) is 14.5 Å². The van der Waals surface area contributed by atoms with Crippen LogP contribution in [0.3, 0.4) is 0 Å². The van der Waals surface area contributed by atoms with E-state index in [9.17, 15) is 14.9 Å². The van der Waals surface area contributed by atoms with E-state index in [0.717, 1.165) is 27.3 Å². The van der Waals surface area contributed by atoms with Crippen LogP contribution in [0.5, 0.6) is 11.5 Å². The normalized spacial score (nSPS) is 14.4. The van der Waals surface area contributed by atoms with Gasteiger partial charge in [0.1, 0.15) is 11.6 Å². The molecule has 0 aliphatic carbocycles. The summed E-state index contributed by atoms with van der Waals surface area (Å²) in [4.78, 5) is 28.3. The maximum Gasteiger partial charge on any atom is 0.271 e. The van der Waals surface area contributed by atoms with Crippen LogP contribution in [0.4, 0.5) is 0 Å². The van der Waals surface area contributed by atoms with Crippen molar-refractivity contribution in [1.29, 1.82) is 5.26 Å². The maximum absolute atomic E-state index is 13.8. The Hall–Kier alpha value is -5.42. The molecule has 3 aromatic carbocycles. The highest BCUT2D eigenvalue weighted by Crippen LogP contribution is 2.32. The molecular formula is C34H30N4O4. The van der Waals surface area contributed by atoms with E-state index in [1.807, 2.05) is 85.9 Å². The Labute approximate surface area is 244 Å². The van der Waals surface area contributed by atoms with Gasteiger partial charge in [-0.2, -0.15) is 10.4 Å². The van der Waals surface area contributed by atoms with E-state index < -0.39 is 11.8 Å². The molecule has 2 heterocycles. The first kappa shape index (κ1) is 28.1. The zero-order valence-electron chi connectivity index (χ0n) is 23.9. The van der Waals surface area contributed by atoms with E-state index in [1.54, 1.807) is 38.0 Å². The molecule has 4 aromatic rings.